The van der Waals surface area contributed by atoms with E-state index in [1.807, 2.05) is 0 Å². The van der Waals surface area contributed by atoms with Gasteiger partial charge >= 0.3 is 0 Å². The Bertz CT molecular complexity index is 819. The van der Waals surface area contributed by atoms with E-state index in [2.05, 4.69) is 10.6 Å². The van der Waals surface area contributed by atoms with Crippen LogP contribution in [0, 0.1) is 17.6 Å². The highest BCUT2D eigenvalue weighted by Crippen LogP contribution is 2.30. The summed E-state index contributed by atoms with van der Waals surface area (Å²) < 4.78 is 26.3. The minimum absolute atomic E-state index is 0.0345. The van der Waals surface area contributed by atoms with Crippen molar-refractivity contribution >= 4 is 17.5 Å². The summed E-state index contributed by atoms with van der Waals surface area (Å²) in [7, 11) is 0. The van der Waals surface area contributed by atoms with E-state index in [0.29, 0.717) is 16.8 Å². The fourth-order valence-electron chi connectivity index (χ4n) is 2.47. The minimum Gasteiger partial charge on any atom is -0.346 e. The monoisotopic (exact) mass is 344 g/mol. The molecule has 4 nitrogen and oxygen atoms in total. The van der Waals surface area contributed by atoms with Gasteiger partial charge in [0.05, 0.1) is 6.04 Å². The smallest absolute Gasteiger partial charge is 0.251 e. The van der Waals surface area contributed by atoms with E-state index in [-0.39, 0.29) is 17.7 Å². The average molecular weight is 344 g/mol. The number of hydrogen-bond acceptors (Lipinski definition) is 2. The van der Waals surface area contributed by atoms with Crippen molar-refractivity contribution in [3.05, 3.63) is 65.2 Å². The number of carbonyl (C=O) groups is 2. The highest BCUT2D eigenvalue weighted by Gasteiger charge is 2.29. The standard InChI is InChI=1S/C19H18F2N2O2/c1-11(13-7-8-16(20)17(21)10-13)22-19(25)14-3-2-4-15(9-14)23-18(24)12-5-6-12/h2-4,7-12H,5-6H2,1H3,(H,22,25)(H,23,24). The van der Waals surface area contributed by atoms with Crippen LogP contribution in [0.1, 0.15) is 41.7 Å². The molecule has 2 N–H and O–H groups in total. The van der Waals surface area contributed by atoms with Crippen molar-refractivity contribution in [2.45, 2.75) is 25.8 Å². The van der Waals surface area contributed by atoms with E-state index < -0.39 is 17.7 Å². The fourth-order valence-corrected chi connectivity index (χ4v) is 2.47. The SMILES string of the molecule is CC(NC(=O)c1cccc(NC(=O)C2CC2)c1)c1ccc(F)c(F)c1. The largest absolute Gasteiger partial charge is 0.346 e. The molecule has 0 saturated heterocycles. The summed E-state index contributed by atoms with van der Waals surface area (Å²) in [5, 5.41) is 5.52. The van der Waals surface area contributed by atoms with Crippen LogP contribution in [0.3, 0.4) is 0 Å². The highest BCUT2D eigenvalue weighted by molar-refractivity contribution is 5.98. The Morgan fingerprint density at radius 1 is 1.08 bits per heavy atom. The number of benzene rings is 2. The molecule has 0 spiro atoms. The number of hydrogen-bond donors (Lipinski definition) is 2. The molecule has 1 aliphatic rings. The third-order valence-corrected chi connectivity index (χ3v) is 4.13. The summed E-state index contributed by atoms with van der Waals surface area (Å²) in [6, 6.07) is 9.64. The van der Waals surface area contributed by atoms with Crippen LogP contribution in [0.5, 0.6) is 0 Å². The summed E-state index contributed by atoms with van der Waals surface area (Å²) in [6.45, 7) is 1.68. The summed E-state index contributed by atoms with van der Waals surface area (Å²) in [5.41, 5.74) is 1.40. The predicted molar refractivity (Wildman–Crippen MR) is 90.0 cm³/mol. The van der Waals surface area contributed by atoms with Crippen LogP contribution < -0.4 is 10.6 Å². The van der Waals surface area contributed by atoms with Gasteiger partial charge in [0, 0.05) is 17.2 Å². The third-order valence-electron chi connectivity index (χ3n) is 4.13. The van der Waals surface area contributed by atoms with Gasteiger partial charge in [-0.2, -0.15) is 0 Å². The average Bonchev–Trinajstić information content (AvgIpc) is 3.42. The molecule has 2 aromatic carbocycles. The quantitative estimate of drug-likeness (QED) is 0.867. The molecule has 3 rings (SSSR count). The van der Waals surface area contributed by atoms with E-state index in [4.69, 9.17) is 0 Å². The molecule has 2 amide bonds. The first-order valence-electron chi connectivity index (χ1n) is 8.11. The molecule has 1 aliphatic carbocycles. The Labute approximate surface area is 144 Å². The third kappa shape index (κ3) is 4.21. The van der Waals surface area contributed by atoms with Crippen molar-refractivity contribution in [1.82, 2.24) is 5.32 Å². The van der Waals surface area contributed by atoms with Crippen LogP contribution in [-0.4, -0.2) is 11.8 Å². The van der Waals surface area contributed by atoms with Crippen LogP contribution >= 0.6 is 0 Å². The normalized spacial score (nSPS) is 14.7. The van der Waals surface area contributed by atoms with Gasteiger partial charge in [-0.1, -0.05) is 12.1 Å². The zero-order valence-corrected chi connectivity index (χ0v) is 13.7. The molecule has 0 bridgehead atoms. The molecule has 130 valence electrons. The second-order valence-electron chi connectivity index (χ2n) is 6.21. The Kier molecular flexibility index (Phi) is 4.79. The topological polar surface area (TPSA) is 58.2 Å². The van der Waals surface area contributed by atoms with Crippen LogP contribution in [0.4, 0.5) is 14.5 Å². The van der Waals surface area contributed by atoms with Crippen LogP contribution in [-0.2, 0) is 4.79 Å². The fraction of sp³-hybridized carbons (Fsp3) is 0.263. The zero-order valence-electron chi connectivity index (χ0n) is 13.7. The van der Waals surface area contributed by atoms with Crippen molar-refractivity contribution in [2.24, 2.45) is 5.92 Å². The molecule has 1 unspecified atom stereocenters. The van der Waals surface area contributed by atoms with E-state index in [9.17, 15) is 18.4 Å². The molecule has 1 atom stereocenters. The Hall–Kier alpha value is -2.76. The van der Waals surface area contributed by atoms with Gasteiger partial charge in [0.15, 0.2) is 11.6 Å². The zero-order chi connectivity index (χ0) is 18.0. The van der Waals surface area contributed by atoms with Gasteiger partial charge in [-0.25, -0.2) is 8.78 Å². The lowest BCUT2D eigenvalue weighted by Gasteiger charge is -2.15. The number of nitrogens with one attached hydrogen (secondary N) is 2. The first-order chi connectivity index (χ1) is 11.9. The summed E-state index contributed by atoms with van der Waals surface area (Å²) in [4.78, 5) is 24.2. The molecule has 0 radical (unpaired) electrons. The van der Waals surface area contributed by atoms with Crippen molar-refractivity contribution in [3.8, 4) is 0 Å². The van der Waals surface area contributed by atoms with Gasteiger partial charge in [0.1, 0.15) is 0 Å². The minimum atomic E-state index is -0.955. The molecule has 0 aromatic heterocycles. The predicted octanol–water partition coefficient (Wildman–Crippen LogP) is 3.80. The maximum absolute atomic E-state index is 13.3. The van der Waals surface area contributed by atoms with E-state index in [0.717, 1.165) is 25.0 Å². The summed E-state index contributed by atoms with van der Waals surface area (Å²) >= 11 is 0. The first-order valence-corrected chi connectivity index (χ1v) is 8.11. The number of halogens is 2. The van der Waals surface area contributed by atoms with Crippen molar-refractivity contribution in [2.75, 3.05) is 5.32 Å². The van der Waals surface area contributed by atoms with E-state index in [1.54, 1.807) is 31.2 Å². The highest BCUT2D eigenvalue weighted by atomic mass is 19.2. The molecule has 1 fully saturated rings. The second kappa shape index (κ2) is 7.01. The molecular formula is C19H18F2N2O2. The van der Waals surface area contributed by atoms with E-state index >= 15 is 0 Å². The molecular weight excluding hydrogens is 326 g/mol. The van der Waals surface area contributed by atoms with Gasteiger partial charge in [-0.3, -0.25) is 9.59 Å². The van der Waals surface area contributed by atoms with Gasteiger partial charge in [0.25, 0.3) is 5.91 Å². The summed E-state index contributed by atoms with van der Waals surface area (Å²) in [6.07, 6.45) is 1.80. The van der Waals surface area contributed by atoms with Crippen LogP contribution in [0.15, 0.2) is 42.5 Å². The second-order valence-corrected chi connectivity index (χ2v) is 6.21. The van der Waals surface area contributed by atoms with E-state index in [1.165, 1.54) is 6.07 Å². The molecule has 0 aliphatic heterocycles. The molecule has 0 heterocycles. The van der Waals surface area contributed by atoms with Crippen molar-refractivity contribution < 1.29 is 18.4 Å². The number of rotatable bonds is 5. The van der Waals surface area contributed by atoms with Crippen LogP contribution in [0.2, 0.25) is 0 Å². The van der Waals surface area contributed by atoms with Gasteiger partial charge in [0.2, 0.25) is 5.91 Å². The first kappa shape index (κ1) is 17.1. The molecule has 25 heavy (non-hydrogen) atoms. The van der Waals surface area contributed by atoms with Gasteiger partial charge in [-0.05, 0) is 55.7 Å². The number of anilines is 1. The van der Waals surface area contributed by atoms with Crippen LogP contribution in [0.25, 0.3) is 0 Å². The number of amides is 2. The summed E-state index contributed by atoms with van der Waals surface area (Å²) in [5.74, 6) is -2.21. The van der Waals surface area contributed by atoms with Crippen molar-refractivity contribution in [3.63, 3.8) is 0 Å². The molecule has 6 heteroatoms. The lowest BCUT2D eigenvalue weighted by atomic mass is 10.1. The Morgan fingerprint density at radius 3 is 2.52 bits per heavy atom. The lowest BCUT2D eigenvalue weighted by Crippen LogP contribution is -2.27. The number of carbonyl (C=O) groups excluding carboxylic acids is 2. The molecule has 1 saturated carbocycles. The molecule has 2 aromatic rings. The van der Waals surface area contributed by atoms with Gasteiger partial charge in [-0.15, -0.1) is 0 Å². The maximum atomic E-state index is 13.3. The Morgan fingerprint density at radius 2 is 1.84 bits per heavy atom. The lowest BCUT2D eigenvalue weighted by molar-refractivity contribution is -0.117. The van der Waals surface area contributed by atoms with Crippen molar-refractivity contribution in [1.29, 1.82) is 0 Å². The van der Waals surface area contributed by atoms with Gasteiger partial charge < -0.3 is 10.6 Å². The Balaban J connectivity index is 1.67. The maximum Gasteiger partial charge on any atom is 0.251 e.